The minimum Gasteiger partial charge on any atom is -0.466 e. The first-order valence-electron chi connectivity index (χ1n) is 6.98. The molecule has 0 aromatic rings. The van der Waals surface area contributed by atoms with E-state index in [2.05, 4.69) is 5.32 Å². The average molecular weight is 271 g/mol. The first-order valence-corrected chi connectivity index (χ1v) is 6.98. The van der Waals surface area contributed by atoms with Gasteiger partial charge < -0.3 is 14.8 Å². The number of rotatable bonds is 3. The van der Waals surface area contributed by atoms with Crippen LogP contribution in [-0.2, 0) is 14.3 Å². The Kier molecular flexibility index (Phi) is 5.63. The van der Waals surface area contributed by atoms with E-state index in [9.17, 15) is 9.59 Å². The van der Waals surface area contributed by atoms with Gasteiger partial charge in [-0.15, -0.1) is 0 Å². The highest BCUT2D eigenvalue weighted by molar-refractivity contribution is 5.73. The zero-order chi connectivity index (χ0) is 14.5. The van der Waals surface area contributed by atoms with Crippen molar-refractivity contribution in [3.05, 3.63) is 0 Å². The van der Waals surface area contributed by atoms with Crippen molar-refractivity contribution in [3.8, 4) is 0 Å². The lowest BCUT2D eigenvalue weighted by atomic mass is 9.86. The molecule has 1 aliphatic carbocycles. The van der Waals surface area contributed by atoms with Crippen molar-refractivity contribution in [3.63, 3.8) is 0 Å². The summed E-state index contributed by atoms with van der Waals surface area (Å²) >= 11 is 0. The fraction of sp³-hybridized carbons (Fsp3) is 0.857. The van der Waals surface area contributed by atoms with Crippen LogP contribution in [0.15, 0.2) is 0 Å². The Morgan fingerprint density at radius 2 is 1.95 bits per heavy atom. The van der Waals surface area contributed by atoms with Gasteiger partial charge in [0, 0.05) is 6.04 Å². The van der Waals surface area contributed by atoms with Crippen LogP contribution in [0.25, 0.3) is 0 Å². The van der Waals surface area contributed by atoms with Crippen LogP contribution in [0.1, 0.15) is 53.4 Å². The van der Waals surface area contributed by atoms with Gasteiger partial charge in [0.25, 0.3) is 0 Å². The Balaban J connectivity index is 2.42. The number of hydrogen-bond acceptors (Lipinski definition) is 4. The zero-order valence-electron chi connectivity index (χ0n) is 12.3. The van der Waals surface area contributed by atoms with E-state index in [1.165, 1.54) is 0 Å². The van der Waals surface area contributed by atoms with Crippen molar-refractivity contribution >= 4 is 12.1 Å². The van der Waals surface area contributed by atoms with E-state index in [4.69, 9.17) is 9.47 Å². The normalized spacial score (nSPS) is 23.6. The molecule has 0 bridgehead atoms. The van der Waals surface area contributed by atoms with Gasteiger partial charge in [-0.1, -0.05) is 6.42 Å². The molecule has 1 rings (SSSR count). The number of amides is 1. The van der Waals surface area contributed by atoms with Crippen molar-refractivity contribution in [2.24, 2.45) is 5.92 Å². The molecule has 1 N–H and O–H groups in total. The van der Waals surface area contributed by atoms with Gasteiger partial charge in [0.2, 0.25) is 0 Å². The maximum Gasteiger partial charge on any atom is 0.407 e. The molecule has 1 saturated carbocycles. The highest BCUT2D eigenvalue weighted by atomic mass is 16.6. The largest absolute Gasteiger partial charge is 0.466 e. The summed E-state index contributed by atoms with van der Waals surface area (Å²) < 4.78 is 10.2. The molecule has 2 unspecified atom stereocenters. The van der Waals surface area contributed by atoms with E-state index in [-0.39, 0.29) is 17.9 Å². The van der Waals surface area contributed by atoms with Crippen LogP contribution in [0.4, 0.5) is 4.79 Å². The summed E-state index contributed by atoms with van der Waals surface area (Å²) in [5.41, 5.74) is -0.501. The number of nitrogens with one attached hydrogen (secondary N) is 1. The SMILES string of the molecule is CCOC(=O)C1CCCC(NC(=O)OC(C)(C)C)C1. The fourth-order valence-corrected chi connectivity index (χ4v) is 2.27. The third-order valence-electron chi connectivity index (χ3n) is 3.01. The first kappa shape index (κ1) is 15.8. The van der Waals surface area contributed by atoms with Crippen LogP contribution in [-0.4, -0.2) is 30.3 Å². The number of esters is 1. The van der Waals surface area contributed by atoms with Crippen LogP contribution in [0.5, 0.6) is 0 Å². The van der Waals surface area contributed by atoms with E-state index >= 15 is 0 Å². The molecular formula is C14H25NO4. The molecule has 0 heterocycles. The van der Waals surface area contributed by atoms with Gasteiger partial charge in [0.1, 0.15) is 5.60 Å². The molecule has 1 fully saturated rings. The van der Waals surface area contributed by atoms with E-state index in [0.717, 1.165) is 19.3 Å². The maximum atomic E-state index is 11.7. The van der Waals surface area contributed by atoms with Crippen molar-refractivity contribution in [2.45, 2.75) is 65.0 Å². The third-order valence-corrected chi connectivity index (χ3v) is 3.01. The van der Waals surface area contributed by atoms with Crippen molar-refractivity contribution in [1.29, 1.82) is 0 Å². The van der Waals surface area contributed by atoms with Crippen LogP contribution in [0.2, 0.25) is 0 Å². The topological polar surface area (TPSA) is 64.6 Å². The summed E-state index contributed by atoms with van der Waals surface area (Å²) in [6, 6.07) is -0.00185. The summed E-state index contributed by atoms with van der Waals surface area (Å²) in [4.78, 5) is 23.4. The minimum atomic E-state index is -0.501. The highest BCUT2D eigenvalue weighted by Crippen LogP contribution is 2.25. The molecule has 0 aromatic carbocycles. The van der Waals surface area contributed by atoms with E-state index in [1.807, 2.05) is 20.8 Å². The lowest BCUT2D eigenvalue weighted by Crippen LogP contribution is -2.42. The van der Waals surface area contributed by atoms with Gasteiger partial charge in [-0.2, -0.15) is 0 Å². The lowest BCUT2D eigenvalue weighted by Gasteiger charge is -2.29. The van der Waals surface area contributed by atoms with Crippen LogP contribution in [0.3, 0.4) is 0 Å². The molecule has 2 atom stereocenters. The van der Waals surface area contributed by atoms with Gasteiger partial charge >= 0.3 is 12.1 Å². The second kappa shape index (κ2) is 6.78. The quantitative estimate of drug-likeness (QED) is 0.801. The number of carbonyl (C=O) groups is 2. The standard InChI is InChI=1S/C14H25NO4/c1-5-18-12(16)10-7-6-8-11(9-10)15-13(17)19-14(2,3)4/h10-11H,5-9H2,1-4H3,(H,15,17). The van der Waals surface area contributed by atoms with Crippen LogP contribution in [0, 0.1) is 5.92 Å². The monoisotopic (exact) mass is 271 g/mol. The molecule has 5 heteroatoms. The summed E-state index contributed by atoms with van der Waals surface area (Å²) in [5, 5.41) is 2.83. The van der Waals surface area contributed by atoms with Crippen molar-refractivity contribution < 1.29 is 19.1 Å². The van der Waals surface area contributed by atoms with Crippen LogP contribution >= 0.6 is 0 Å². The molecule has 0 aliphatic heterocycles. The minimum absolute atomic E-state index is 0.00185. The summed E-state index contributed by atoms with van der Waals surface area (Å²) in [7, 11) is 0. The number of carbonyl (C=O) groups excluding carboxylic acids is 2. The Morgan fingerprint density at radius 3 is 2.53 bits per heavy atom. The van der Waals surface area contributed by atoms with Gasteiger partial charge in [-0.3, -0.25) is 4.79 Å². The summed E-state index contributed by atoms with van der Waals surface area (Å²) in [6.45, 7) is 7.69. The molecule has 0 spiro atoms. The fourth-order valence-electron chi connectivity index (χ4n) is 2.27. The van der Waals surface area contributed by atoms with Gasteiger partial charge in [-0.25, -0.2) is 4.79 Å². The van der Waals surface area contributed by atoms with Crippen molar-refractivity contribution in [2.75, 3.05) is 6.61 Å². The second-order valence-corrected chi connectivity index (χ2v) is 5.96. The Labute approximate surface area is 115 Å². The van der Waals surface area contributed by atoms with Gasteiger partial charge in [-0.05, 0) is 47.0 Å². The summed E-state index contributed by atoms with van der Waals surface area (Å²) in [6.07, 6.45) is 2.87. The summed E-state index contributed by atoms with van der Waals surface area (Å²) in [5.74, 6) is -0.258. The molecule has 1 aliphatic rings. The highest BCUT2D eigenvalue weighted by Gasteiger charge is 2.30. The second-order valence-electron chi connectivity index (χ2n) is 5.96. The Hall–Kier alpha value is -1.26. The molecule has 1 amide bonds. The van der Waals surface area contributed by atoms with Gasteiger partial charge in [0.05, 0.1) is 12.5 Å². The van der Waals surface area contributed by atoms with E-state index < -0.39 is 11.7 Å². The molecule has 0 aromatic heterocycles. The number of ether oxygens (including phenoxy) is 2. The first-order chi connectivity index (χ1) is 8.81. The maximum absolute atomic E-state index is 11.7. The third kappa shape index (κ3) is 5.94. The molecule has 110 valence electrons. The lowest BCUT2D eigenvalue weighted by molar-refractivity contribution is -0.149. The van der Waals surface area contributed by atoms with Crippen molar-refractivity contribution in [1.82, 2.24) is 5.32 Å². The smallest absolute Gasteiger partial charge is 0.407 e. The predicted molar refractivity (Wildman–Crippen MR) is 71.7 cm³/mol. The van der Waals surface area contributed by atoms with E-state index in [0.29, 0.717) is 13.0 Å². The molecule has 0 saturated heterocycles. The molecule has 0 radical (unpaired) electrons. The number of hydrogen-bond donors (Lipinski definition) is 1. The molecular weight excluding hydrogens is 246 g/mol. The predicted octanol–water partition coefficient (Wildman–Crippen LogP) is 2.63. The molecule has 5 nitrogen and oxygen atoms in total. The Bertz CT molecular complexity index is 322. The average Bonchev–Trinajstić information content (AvgIpc) is 2.27. The zero-order valence-corrected chi connectivity index (χ0v) is 12.3. The molecule has 19 heavy (non-hydrogen) atoms. The Morgan fingerprint density at radius 1 is 1.26 bits per heavy atom. The van der Waals surface area contributed by atoms with Gasteiger partial charge in [0.15, 0.2) is 0 Å². The van der Waals surface area contributed by atoms with E-state index in [1.54, 1.807) is 6.92 Å². The van der Waals surface area contributed by atoms with Crippen LogP contribution < -0.4 is 5.32 Å². The number of alkyl carbamates (subject to hydrolysis) is 1.